The van der Waals surface area contributed by atoms with Crippen LogP contribution in [0, 0.1) is 0 Å². The van der Waals surface area contributed by atoms with E-state index in [0.29, 0.717) is 17.3 Å². The van der Waals surface area contributed by atoms with Gasteiger partial charge in [-0.2, -0.15) is 0 Å². The molecule has 0 radical (unpaired) electrons. The molecule has 138 valence electrons. The van der Waals surface area contributed by atoms with Crippen LogP contribution in [0.2, 0.25) is 0 Å². The number of fused-ring (bicyclic) bond motifs is 1. The van der Waals surface area contributed by atoms with Gasteiger partial charge in [0.2, 0.25) is 11.7 Å². The molecule has 7 heteroatoms. The predicted molar refractivity (Wildman–Crippen MR) is 99.9 cm³/mol. The maximum atomic E-state index is 12.4. The van der Waals surface area contributed by atoms with E-state index >= 15 is 0 Å². The van der Waals surface area contributed by atoms with Crippen LogP contribution in [0.4, 0.5) is 5.82 Å². The van der Waals surface area contributed by atoms with Crippen molar-refractivity contribution in [2.24, 2.45) is 0 Å². The van der Waals surface area contributed by atoms with E-state index in [-0.39, 0.29) is 24.0 Å². The summed E-state index contributed by atoms with van der Waals surface area (Å²) in [6, 6.07) is 13.1. The van der Waals surface area contributed by atoms with Gasteiger partial charge in [-0.15, -0.1) is 0 Å². The summed E-state index contributed by atoms with van der Waals surface area (Å²) in [6.07, 6.45) is 1.95. The van der Waals surface area contributed by atoms with Crippen LogP contribution < -0.4 is 14.8 Å². The highest BCUT2D eigenvalue weighted by Crippen LogP contribution is 2.43. The monoisotopic (exact) mass is 365 g/mol. The van der Waals surface area contributed by atoms with Gasteiger partial charge in [-0.05, 0) is 29.8 Å². The minimum atomic E-state index is -0.276. The average Bonchev–Trinajstić information content (AvgIpc) is 3.12. The third-order valence-electron chi connectivity index (χ3n) is 4.71. The molecule has 1 amide bonds. The van der Waals surface area contributed by atoms with Crippen molar-refractivity contribution in [3.05, 3.63) is 60.0 Å². The normalized spacial score (nSPS) is 15.8. The van der Waals surface area contributed by atoms with E-state index in [1.807, 2.05) is 34.9 Å². The second-order valence-corrected chi connectivity index (χ2v) is 6.26. The maximum Gasteiger partial charge on any atom is 0.226 e. The number of hydrogen-bond acceptors (Lipinski definition) is 5. The predicted octanol–water partition coefficient (Wildman–Crippen LogP) is 3.07. The number of benzene rings is 2. The first kappa shape index (κ1) is 17.0. The molecule has 1 aliphatic rings. The lowest BCUT2D eigenvalue weighted by Gasteiger charge is -2.24. The van der Waals surface area contributed by atoms with E-state index < -0.39 is 0 Å². The van der Waals surface area contributed by atoms with Crippen molar-refractivity contribution in [1.29, 1.82) is 0 Å². The minimum absolute atomic E-state index is 0.0703. The van der Waals surface area contributed by atoms with Crippen LogP contribution in [-0.2, 0) is 4.79 Å². The fourth-order valence-corrected chi connectivity index (χ4v) is 3.38. The molecule has 0 saturated carbocycles. The van der Waals surface area contributed by atoms with Crippen LogP contribution in [0.25, 0.3) is 5.69 Å². The standard InChI is InChI=1S/C20H19N3O4/c1-26-15-8-12(9-16(27-2)19(15)25)14-10-17(24)22-20-18(14)21-11-23(20)13-6-4-3-5-7-13/h3-9,11,14,25H,10H2,1-2H3,(H,22,24)/t14-/m1/s1. The first-order chi connectivity index (χ1) is 13.1. The van der Waals surface area contributed by atoms with Crippen molar-refractivity contribution in [3.8, 4) is 22.9 Å². The van der Waals surface area contributed by atoms with Crippen LogP contribution in [0.15, 0.2) is 48.8 Å². The Morgan fingerprint density at radius 1 is 1.15 bits per heavy atom. The van der Waals surface area contributed by atoms with Crippen molar-refractivity contribution in [3.63, 3.8) is 0 Å². The highest BCUT2D eigenvalue weighted by Gasteiger charge is 2.32. The van der Waals surface area contributed by atoms with E-state index in [1.165, 1.54) is 14.2 Å². The zero-order valence-electron chi connectivity index (χ0n) is 15.0. The number of imidazole rings is 1. The quantitative estimate of drug-likeness (QED) is 0.742. The molecule has 7 nitrogen and oxygen atoms in total. The number of para-hydroxylation sites is 1. The molecule has 1 atom stereocenters. The molecule has 1 aromatic heterocycles. The molecular formula is C20H19N3O4. The van der Waals surface area contributed by atoms with Crippen molar-refractivity contribution in [1.82, 2.24) is 9.55 Å². The molecule has 2 aromatic carbocycles. The molecule has 3 aromatic rings. The van der Waals surface area contributed by atoms with E-state index in [2.05, 4.69) is 10.3 Å². The van der Waals surface area contributed by atoms with Gasteiger partial charge in [0.25, 0.3) is 0 Å². The Bertz CT molecular complexity index is 973. The molecule has 0 bridgehead atoms. The Hall–Kier alpha value is -3.48. The van der Waals surface area contributed by atoms with Crippen molar-refractivity contribution < 1.29 is 19.4 Å². The Morgan fingerprint density at radius 2 is 1.81 bits per heavy atom. The van der Waals surface area contributed by atoms with Gasteiger partial charge in [0, 0.05) is 18.0 Å². The van der Waals surface area contributed by atoms with Gasteiger partial charge < -0.3 is 19.9 Å². The summed E-state index contributed by atoms with van der Waals surface area (Å²) in [5.41, 5.74) is 2.46. The number of phenols is 1. The summed E-state index contributed by atoms with van der Waals surface area (Å²) in [6.45, 7) is 0. The Balaban J connectivity index is 1.84. The first-order valence-electron chi connectivity index (χ1n) is 8.49. The zero-order chi connectivity index (χ0) is 19.0. The van der Waals surface area contributed by atoms with Gasteiger partial charge >= 0.3 is 0 Å². The van der Waals surface area contributed by atoms with Crippen LogP contribution >= 0.6 is 0 Å². The number of rotatable bonds is 4. The number of nitrogens with one attached hydrogen (secondary N) is 1. The third kappa shape index (κ3) is 2.87. The van der Waals surface area contributed by atoms with E-state index in [0.717, 1.165) is 16.9 Å². The summed E-state index contributed by atoms with van der Waals surface area (Å²) in [5, 5.41) is 13.1. The lowest BCUT2D eigenvalue weighted by atomic mass is 9.89. The summed E-state index contributed by atoms with van der Waals surface area (Å²) in [5.74, 6) is 0.782. The highest BCUT2D eigenvalue weighted by atomic mass is 16.5. The molecule has 4 rings (SSSR count). The fraction of sp³-hybridized carbons (Fsp3) is 0.200. The van der Waals surface area contributed by atoms with Crippen LogP contribution in [0.3, 0.4) is 0 Å². The van der Waals surface area contributed by atoms with E-state index in [1.54, 1.807) is 18.5 Å². The molecule has 0 aliphatic carbocycles. The summed E-state index contributed by atoms with van der Waals surface area (Å²) >= 11 is 0. The van der Waals surface area contributed by atoms with Gasteiger partial charge in [0.1, 0.15) is 12.1 Å². The van der Waals surface area contributed by atoms with Crippen molar-refractivity contribution >= 4 is 11.7 Å². The maximum absolute atomic E-state index is 12.4. The first-order valence-corrected chi connectivity index (χ1v) is 8.49. The summed E-state index contributed by atoms with van der Waals surface area (Å²) < 4.78 is 12.4. The Kier molecular flexibility index (Phi) is 4.19. The zero-order valence-corrected chi connectivity index (χ0v) is 15.0. The van der Waals surface area contributed by atoms with Crippen LogP contribution in [0.1, 0.15) is 23.6 Å². The molecule has 27 heavy (non-hydrogen) atoms. The topological polar surface area (TPSA) is 85.6 Å². The number of phenolic OH excluding ortho intramolecular Hbond substituents is 1. The molecule has 0 saturated heterocycles. The smallest absolute Gasteiger partial charge is 0.226 e. The molecule has 0 spiro atoms. The Labute approximate surface area is 156 Å². The molecular weight excluding hydrogens is 346 g/mol. The minimum Gasteiger partial charge on any atom is -0.502 e. The van der Waals surface area contributed by atoms with E-state index in [4.69, 9.17) is 9.47 Å². The largest absolute Gasteiger partial charge is 0.502 e. The number of nitrogens with zero attached hydrogens (tertiary/aromatic N) is 2. The number of methoxy groups -OCH3 is 2. The number of aromatic nitrogens is 2. The molecule has 0 fully saturated rings. The second kappa shape index (κ2) is 6.68. The van der Waals surface area contributed by atoms with E-state index in [9.17, 15) is 9.90 Å². The second-order valence-electron chi connectivity index (χ2n) is 6.26. The Morgan fingerprint density at radius 3 is 2.44 bits per heavy atom. The van der Waals surface area contributed by atoms with Gasteiger partial charge in [0.05, 0.1) is 19.9 Å². The summed E-state index contributed by atoms with van der Waals surface area (Å²) in [4.78, 5) is 17.0. The molecule has 0 unspecified atom stereocenters. The van der Waals surface area contributed by atoms with Gasteiger partial charge in [-0.1, -0.05) is 18.2 Å². The number of anilines is 1. The van der Waals surface area contributed by atoms with Gasteiger partial charge in [0.15, 0.2) is 11.5 Å². The molecule has 2 N–H and O–H groups in total. The lowest BCUT2D eigenvalue weighted by molar-refractivity contribution is -0.116. The van der Waals surface area contributed by atoms with Crippen LogP contribution in [-0.4, -0.2) is 34.8 Å². The van der Waals surface area contributed by atoms with Gasteiger partial charge in [-0.3, -0.25) is 9.36 Å². The molecule has 1 aliphatic heterocycles. The van der Waals surface area contributed by atoms with Crippen LogP contribution in [0.5, 0.6) is 17.2 Å². The number of amides is 1. The SMILES string of the molecule is COc1cc([C@H]2CC(=O)Nc3c2ncn3-c2ccccc2)cc(OC)c1O. The van der Waals surface area contributed by atoms with Gasteiger partial charge in [-0.25, -0.2) is 4.98 Å². The number of ether oxygens (including phenoxy) is 2. The van der Waals surface area contributed by atoms with Crippen molar-refractivity contribution in [2.75, 3.05) is 19.5 Å². The third-order valence-corrected chi connectivity index (χ3v) is 4.71. The highest BCUT2D eigenvalue weighted by molar-refractivity contribution is 5.94. The number of carbonyl (C=O) groups is 1. The number of carbonyl (C=O) groups excluding carboxylic acids is 1. The average molecular weight is 365 g/mol. The summed E-state index contributed by atoms with van der Waals surface area (Å²) in [7, 11) is 2.95. The fourth-order valence-electron chi connectivity index (χ4n) is 3.38. The molecule has 2 heterocycles. The number of hydrogen-bond donors (Lipinski definition) is 2. The van der Waals surface area contributed by atoms with Crippen molar-refractivity contribution in [2.45, 2.75) is 12.3 Å². The number of aromatic hydroxyl groups is 1. The lowest BCUT2D eigenvalue weighted by Crippen LogP contribution is -2.25.